The fraction of sp³-hybridized carbons (Fsp3) is 0.217. The predicted molar refractivity (Wildman–Crippen MR) is 119 cm³/mol. The van der Waals surface area contributed by atoms with Crippen LogP contribution in [0.1, 0.15) is 15.9 Å². The second-order valence-electron chi connectivity index (χ2n) is 7.16. The molecule has 1 N–H and O–H groups in total. The maximum absolute atomic E-state index is 13.3. The predicted octanol–water partition coefficient (Wildman–Crippen LogP) is 4.61. The van der Waals surface area contributed by atoms with Crippen molar-refractivity contribution in [3.63, 3.8) is 0 Å². The lowest BCUT2D eigenvalue weighted by molar-refractivity contribution is 0.0746. The third-order valence-corrected chi connectivity index (χ3v) is 5.90. The third kappa shape index (κ3) is 4.74. The number of aryl methyl sites for hydroxylation is 1. The molecule has 0 saturated carbocycles. The number of amides is 1. The summed E-state index contributed by atoms with van der Waals surface area (Å²) in [7, 11) is 0. The van der Waals surface area contributed by atoms with Gasteiger partial charge in [-0.2, -0.15) is 0 Å². The molecule has 2 aromatic carbocycles. The fourth-order valence-electron chi connectivity index (χ4n) is 3.41. The number of nitrogens with one attached hydrogen (secondary N) is 1. The Labute approximate surface area is 180 Å². The highest BCUT2D eigenvalue weighted by molar-refractivity contribution is 8.00. The van der Waals surface area contributed by atoms with E-state index in [1.807, 2.05) is 54.3 Å². The molecule has 0 bridgehead atoms. The molecule has 1 fully saturated rings. The molecule has 1 aliphatic rings. The average molecular weight is 423 g/mol. The second kappa shape index (κ2) is 9.17. The zero-order valence-electron chi connectivity index (χ0n) is 16.7. The molecule has 5 nitrogen and oxygen atoms in total. The van der Waals surface area contributed by atoms with Crippen LogP contribution in [0.15, 0.2) is 71.8 Å². The zero-order chi connectivity index (χ0) is 20.9. The Morgan fingerprint density at radius 3 is 2.60 bits per heavy atom. The standard InChI is InChI=1S/C23H23FN4OS/c1-17-15-19(24)8-9-21(17)26-30-20-6-4-5-18(16-20)23(29)28-13-11-27(12-14-28)22-7-2-3-10-25-22/h2-10,15-16,26H,11-14H2,1H3. The van der Waals surface area contributed by atoms with E-state index in [2.05, 4.69) is 14.6 Å². The van der Waals surface area contributed by atoms with Gasteiger partial charge in [-0.3, -0.25) is 4.79 Å². The zero-order valence-corrected chi connectivity index (χ0v) is 17.5. The van der Waals surface area contributed by atoms with Crippen LogP contribution in [0, 0.1) is 12.7 Å². The maximum atomic E-state index is 13.3. The van der Waals surface area contributed by atoms with Gasteiger partial charge in [0.2, 0.25) is 0 Å². The molecule has 4 rings (SSSR count). The summed E-state index contributed by atoms with van der Waals surface area (Å²) in [5, 5.41) is 0. The lowest BCUT2D eigenvalue weighted by Gasteiger charge is -2.35. The van der Waals surface area contributed by atoms with Gasteiger partial charge >= 0.3 is 0 Å². The van der Waals surface area contributed by atoms with Gasteiger partial charge in [0, 0.05) is 48.5 Å². The van der Waals surface area contributed by atoms with E-state index < -0.39 is 0 Å². The molecule has 1 aliphatic heterocycles. The number of carbonyl (C=O) groups is 1. The van der Waals surface area contributed by atoms with E-state index in [9.17, 15) is 9.18 Å². The summed E-state index contributed by atoms with van der Waals surface area (Å²) in [6.45, 7) is 4.72. The summed E-state index contributed by atoms with van der Waals surface area (Å²) in [6, 6.07) is 18.1. The van der Waals surface area contributed by atoms with E-state index in [0.29, 0.717) is 18.7 Å². The Kier molecular flexibility index (Phi) is 6.18. The molecule has 0 unspecified atom stereocenters. The topological polar surface area (TPSA) is 48.5 Å². The van der Waals surface area contributed by atoms with Gasteiger partial charge in [-0.1, -0.05) is 12.1 Å². The van der Waals surface area contributed by atoms with E-state index >= 15 is 0 Å². The highest BCUT2D eigenvalue weighted by Crippen LogP contribution is 2.25. The monoisotopic (exact) mass is 422 g/mol. The molecule has 7 heteroatoms. The van der Waals surface area contributed by atoms with Crippen molar-refractivity contribution in [3.8, 4) is 0 Å². The first-order chi connectivity index (χ1) is 14.6. The van der Waals surface area contributed by atoms with Gasteiger partial charge in [-0.25, -0.2) is 9.37 Å². The van der Waals surface area contributed by atoms with Crippen molar-refractivity contribution in [1.29, 1.82) is 0 Å². The smallest absolute Gasteiger partial charge is 0.254 e. The van der Waals surface area contributed by atoms with E-state index in [-0.39, 0.29) is 11.7 Å². The Hall–Kier alpha value is -3.06. The van der Waals surface area contributed by atoms with Gasteiger partial charge < -0.3 is 14.5 Å². The number of benzene rings is 2. The van der Waals surface area contributed by atoms with Crippen LogP contribution in [-0.2, 0) is 0 Å². The molecule has 0 atom stereocenters. The van der Waals surface area contributed by atoms with Gasteiger partial charge in [-0.05, 0) is 73.0 Å². The fourth-order valence-corrected chi connectivity index (χ4v) is 4.20. The van der Waals surface area contributed by atoms with E-state index in [1.54, 1.807) is 12.3 Å². The number of halogens is 1. The summed E-state index contributed by atoms with van der Waals surface area (Å²) in [5.74, 6) is 0.736. The number of hydrogen-bond acceptors (Lipinski definition) is 5. The van der Waals surface area contributed by atoms with E-state index in [1.165, 1.54) is 24.1 Å². The van der Waals surface area contributed by atoms with Crippen LogP contribution in [0.2, 0.25) is 0 Å². The van der Waals surface area contributed by atoms with E-state index in [0.717, 1.165) is 35.1 Å². The molecule has 0 spiro atoms. The number of anilines is 2. The summed E-state index contributed by atoms with van der Waals surface area (Å²) in [6.07, 6.45) is 1.79. The molecule has 1 amide bonds. The van der Waals surface area contributed by atoms with Crippen molar-refractivity contribution in [2.75, 3.05) is 35.8 Å². The summed E-state index contributed by atoms with van der Waals surface area (Å²) in [5.41, 5.74) is 2.35. The SMILES string of the molecule is Cc1cc(F)ccc1NSc1cccc(C(=O)N2CCN(c3ccccn3)CC2)c1. The molecule has 1 aromatic heterocycles. The highest BCUT2D eigenvalue weighted by Gasteiger charge is 2.23. The van der Waals surface area contributed by atoms with Crippen LogP contribution in [-0.4, -0.2) is 42.0 Å². The van der Waals surface area contributed by atoms with Gasteiger partial charge in [0.15, 0.2) is 0 Å². The molecular weight excluding hydrogens is 399 g/mol. The summed E-state index contributed by atoms with van der Waals surface area (Å²) < 4.78 is 16.5. The minimum atomic E-state index is -0.251. The Morgan fingerprint density at radius 1 is 1.03 bits per heavy atom. The van der Waals surface area contributed by atoms with E-state index in [4.69, 9.17) is 0 Å². The lowest BCUT2D eigenvalue weighted by Crippen LogP contribution is -2.49. The first kappa shape index (κ1) is 20.2. The molecule has 3 aromatic rings. The Balaban J connectivity index is 1.37. The molecule has 30 heavy (non-hydrogen) atoms. The third-order valence-electron chi connectivity index (χ3n) is 5.09. The van der Waals surface area contributed by atoms with Crippen molar-refractivity contribution in [2.24, 2.45) is 0 Å². The molecule has 1 saturated heterocycles. The normalized spacial score (nSPS) is 13.9. The number of piperazine rings is 1. The van der Waals surface area contributed by atoms with Gasteiger partial charge in [0.25, 0.3) is 5.91 Å². The van der Waals surface area contributed by atoms with Crippen LogP contribution < -0.4 is 9.62 Å². The van der Waals surface area contributed by atoms with Crippen LogP contribution >= 0.6 is 11.9 Å². The second-order valence-corrected chi connectivity index (χ2v) is 8.04. The van der Waals surface area contributed by atoms with Crippen LogP contribution in [0.5, 0.6) is 0 Å². The number of hydrogen-bond donors (Lipinski definition) is 1. The van der Waals surface area contributed by atoms with Crippen LogP contribution in [0.4, 0.5) is 15.9 Å². The minimum Gasteiger partial charge on any atom is -0.353 e. The number of carbonyl (C=O) groups excluding carboxylic acids is 1. The lowest BCUT2D eigenvalue weighted by atomic mass is 10.2. The van der Waals surface area contributed by atoms with Crippen molar-refractivity contribution in [2.45, 2.75) is 11.8 Å². The molecule has 0 aliphatic carbocycles. The van der Waals surface area contributed by atoms with Crippen molar-refractivity contribution < 1.29 is 9.18 Å². The van der Waals surface area contributed by atoms with Crippen molar-refractivity contribution in [3.05, 3.63) is 83.8 Å². The first-order valence-electron chi connectivity index (χ1n) is 9.84. The van der Waals surface area contributed by atoms with Crippen molar-refractivity contribution >= 4 is 29.4 Å². The Morgan fingerprint density at radius 2 is 1.87 bits per heavy atom. The van der Waals surface area contributed by atoms with Gasteiger partial charge in [-0.15, -0.1) is 0 Å². The summed E-state index contributed by atoms with van der Waals surface area (Å²) in [4.78, 5) is 22.4. The molecule has 154 valence electrons. The first-order valence-corrected chi connectivity index (χ1v) is 10.7. The number of aromatic nitrogens is 1. The molecule has 2 heterocycles. The maximum Gasteiger partial charge on any atom is 0.254 e. The minimum absolute atomic E-state index is 0.0380. The largest absolute Gasteiger partial charge is 0.353 e. The summed E-state index contributed by atoms with van der Waals surface area (Å²) >= 11 is 1.41. The van der Waals surface area contributed by atoms with Gasteiger partial charge in [0.1, 0.15) is 11.6 Å². The molecular formula is C23H23FN4OS. The van der Waals surface area contributed by atoms with Crippen LogP contribution in [0.25, 0.3) is 0 Å². The number of pyridine rings is 1. The molecule has 0 radical (unpaired) electrons. The van der Waals surface area contributed by atoms with Gasteiger partial charge in [0.05, 0.1) is 0 Å². The number of nitrogens with zero attached hydrogens (tertiary/aromatic N) is 3. The average Bonchev–Trinajstić information content (AvgIpc) is 2.79. The number of rotatable bonds is 5. The Bertz CT molecular complexity index is 1020. The quantitative estimate of drug-likeness (QED) is 0.609. The van der Waals surface area contributed by atoms with Crippen LogP contribution in [0.3, 0.4) is 0 Å². The van der Waals surface area contributed by atoms with Crippen molar-refractivity contribution in [1.82, 2.24) is 9.88 Å². The highest BCUT2D eigenvalue weighted by atomic mass is 32.2.